The van der Waals surface area contributed by atoms with Gasteiger partial charge in [0.15, 0.2) is 0 Å². The van der Waals surface area contributed by atoms with E-state index >= 15 is 0 Å². The smallest absolute Gasteiger partial charge is 0.322 e. The van der Waals surface area contributed by atoms with Gasteiger partial charge in [0.05, 0.1) is 12.6 Å². The van der Waals surface area contributed by atoms with Gasteiger partial charge in [-0.3, -0.25) is 24.0 Å². The Labute approximate surface area is 182 Å². The van der Waals surface area contributed by atoms with Crippen LogP contribution in [0.3, 0.4) is 0 Å². The van der Waals surface area contributed by atoms with Gasteiger partial charge in [0, 0.05) is 6.54 Å². The van der Waals surface area contributed by atoms with Gasteiger partial charge in [0.25, 0.3) is 0 Å². The van der Waals surface area contributed by atoms with Crippen LogP contribution in [0, 0.1) is 11.8 Å². The minimum Gasteiger partial charge on any atom is -0.480 e. The minimum atomic E-state index is -1.20. The molecule has 31 heavy (non-hydrogen) atoms. The van der Waals surface area contributed by atoms with Crippen molar-refractivity contribution in [1.29, 1.82) is 0 Å². The van der Waals surface area contributed by atoms with E-state index in [2.05, 4.69) is 16.0 Å². The predicted octanol–water partition coefficient (Wildman–Crippen LogP) is -1.19. The Morgan fingerprint density at radius 2 is 1.74 bits per heavy atom. The maximum absolute atomic E-state index is 12.7. The van der Waals surface area contributed by atoms with Crippen LogP contribution in [0.15, 0.2) is 0 Å². The molecule has 0 saturated carbocycles. The number of carbonyl (C=O) groups excluding carboxylic acids is 4. The number of nitrogens with one attached hydrogen (secondary N) is 3. The molecule has 0 aliphatic carbocycles. The Balaban J connectivity index is 2.63. The van der Waals surface area contributed by atoms with Gasteiger partial charge in [-0.2, -0.15) is 0 Å². The molecule has 0 spiro atoms. The van der Waals surface area contributed by atoms with E-state index in [0.29, 0.717) is 19.4 Å². The summed E-state index contributed by atoms with van der Waals surface area (Å²) in [6.45, 7) is 6.74. The summed E-state index contributed by atoms with van der Waals surface area (Å²) in [7, 11) is 0. The number of nitrogens with two attached hydrogens (primary N) is 1. The third kappa shape index (κ3) is 7.82. The number of carbonyl (C=O) groups is 5. The van der Waals surface area contributed by atoms with Crippen molar-refractivity contribution in [2.45, 2.75) is 65.1 Å². The Kier molecular flexibility index (Phi) is 10.4. The number of amides is 4. The number of hydrogen-bond acceptors (Lipinski definition) is 6. The fraction of sp³-hybridized carbons (Fsp3) is 0.750. The van der Waals surface area contributed by atoms with Crippen LogP contribution in [0.5, 0.6) is 0 Å². The van der Waals surface area contributed by atoms with Crippen LogP contribution in [0.2, 0.25) is 0 Å². The number of likely N-dealkylation sites (tertiary alicyclic amines) is 1. The summed E-state index contributed by atoms with van der Waals surface area (Å²) < 4.78 is 0. The van der Waals surface area contributed by atoms with E-state index in [1.165, 1.54) is 4.90 Å². The number of rotatable bonds is 11. The average Bonchev–Trinajstić information content (AvgIpc) is 3.22. The highest BCUT2D eigenvalue weighted by Crippen LogP contribution is 2.20. The molecule has 4 amide bonds. The Morgan fingerprint density at radius 3 is 2.29 bits per heavy atom. The largest absolute Gasteiger partial charge is 0.480 e. The second-order valence-electron chi connectivity index (χ2n) is 8.22. The van der Waals surface area contributed by atoms with Crippen LogP contribution < -0.4 is 21.7 Å². The first-order valence-electron chi connectivity index (χ1n) is 10.6. The summed E-state index contributed by atoms with van der Waals surface area (Å²) in [4.78, 5) is 61.7. The zero-order valence-electron chi connectivity index (χ0n) is 18.6. The van der Waals surface area contributed by atoms with Crippen molar-refractivity contribution in [3.63, 3.8) is 0 Å². The molecule has 1 rings (SSSR count). The Hall–Kier alpha value is -2.69. The van der Waals surface area contributed by atoms with E-state index < -0.39 is 48.4 Å². The molecule has 0 aromatic heterocycles. The minimum absolute atomic E-state index is 0.0113. The molecule has 1 fully saturated rings. The third-order valence-corrected chi connectivity index (χ3v) is 5.48. The first kappa shape index (κ1) is 26.3. The summed E-state index contributed by atoms with van der Waals surface area (Å²) in [6.07, 6.45) is 1.90. The first-order chi connectivity index (χ1) is 14.5. The number of carboxylic acids is 1. The van der Waals surface area contributed by atoms with Crippen molar-refractivity contribution in [2.75, 3.05) is 19.6 Å². The van der Waals surface area contributed by atoms with Gasteiger partial charge < -0.3 is 31.7 Å². The van der Waals surface area contributed by atoms with Gasteiger partial charge in [0.2, 0.25) is 23.6 Å². The summed E-state index contributed by atoms with van der Waals surface area (Å²) in [5.74, 6) is -3.44. The maximum Gasteiger partial charge on any atom is 0.322 e. The molecular formula is C20H35N5O6. The van der Waals surface area contributed by atoms with Gasteiger partial charge in [-0.05, 0) is 24.7 Å². The van der Waals surface area contributed by atoms with E-state index in [-0.39, 0.29) is 24.3 Å². The molecule has 0 aromatic carbocycles. The molecule has 0 radical (unpaired) electrons. The predicted molar refractivity (Wildman–Crippen MR) is 113 cm³/mol. The molecular weight excluding hydrogens is 406 g/mol. The second-order valence-corrected chi connectivity index (χ2v) is 8.22. The standard InChI is InChI=1S/C20H35N5O6/c1-5-12(4)16(21)20(31)25-8-6-7-13(25)18(29)22-9-14(26)24-17(11(2)3)19(30)23-10-15(27)28/h11-13,16-17H,5-10,21H2,1-4H3,(H,22,29)(H,23,30)(H,24,26)(H,27,28). The van der Waals surface area contributed by atoms with E-state index in [1.54, 1.807) is 13.8 Å². The highest BCUT2D eigenvalue weighted by atomic mass is 16.4. The lowest BCUT2D eigenvalue weighted by Gasteiger charge is -2.28. The fourth-order valence-corrected chi connectivity index (χ4v) is 3.31. The monoisotopic (exact) mass is 441 g/mol. The van der Waals surface area contributed by atoms with Crippen molar-refractivity contribution in [2.24, 2.45) is 17.6 Å². The molecule has 1 saturated heterocycles. The van der Waals surface area contributed by atoms with E-state index in [0.717, 1.165) is 6.42 Å². The Morgan fingerprint density at radius 1 is 1.10 bits per heavy atom. The molecule has 11 nitrogen and oxygen atoms in total. The second kappa shape index (κ2) is 12.2. The van der Waals surface area contributed by atoms with Crippen LogP contribution >= 0.6 is 0 Å². The summed E-state index contributed by atoms with van der Waals surface area (Å²) >= 11 is 0. The highest BCUT2D eigenvalue weighted by molar-refractivity contribution is 5.94. The maximum atomic E-state index is 12.7. The van der Waals surface area contributed by atoms with Crippen LogP contribution in [0.1, 0.15) is 47.0 Å². The number of aliphatic carboxylic acids is 1. The Bertz CT molecular complexity index is 683. The summed E-state index contributed by atoms with van der Waals surface area (Å²) in [5.41, 5.74) is 6.03. The molecule has 176 valence electrons. The van der Waals surface area contributed by atoms with Gasteiger partial charge in [-0.1, -0.05) is 34.1 Å². The van der Waals surface area contributed by atoms with Crippen LogP contribution in [0.4, 0.5) is 0 Å². The molecule has 11 heteroatoms. The highest BCUT2D eigenvalue weighted by Gasteiger charge is 2.37. The molecule has 4 unspecified atom stereocenters. The zero-order valence-corrected chi connectivity index (χ0v) is 18.6. The van der Waals surface area contributed by atoms with Gasteiger partial charge >= 0.3 is 5.97 Å². The lowest BCUT2D eigenvalue weighted by Crippen LogP contribution is -2.55. The van der Waals surface area contributed by atoms with Gasteiger partial charge in [-0.25, -0.2) is 0 Å². The molecule has 0 bridgehead atoms. The quantitative estimate of drug-likeness (QED) is 0.268. The average molecular weight is 442 g/mol. The van der Waals surface area contributed by atoms with Crippen LogP contribution in [0.25, 0.3) is 0 Å². The number of hydrogen-bond donors (Lipinski definition) is 5. The molecule has 1 heterocycles. The summed E-state index contributed by atoms with van der Waals surface area (Å²) in [5, 5.41) is 15.9. The summed E-state index contributed by atoms with van der Waals surface area (Å²) in [6, 6.07) is -2.31. The molecule has 1 aliphatic rings. The van der Waals surface area contributed by atoms with Gasteiger partial charge in [-0.15, -0.1) is 0 Å². The SMILES string of the molecule is CCC(C)C(N)C(=O)N1CCCC1C(=O)NCC(=O)NC(C(=O)NCC(=O)O)C(C)C. The molecule has 1 aliphatic heterocycles. The first-order valence-corrected chi connectivity index (χ1v) is 10.6. The molecule has 6 N–H and O–H groups in total. The van der Waals surface area contributed by atoms with Crippen molar-refractivity contribution >= 4 is 29.6 Å². The van der Waals surface area contributed by atoms with Gasteiger partial charge in [0.1, 0.15) is 18.6 Å². The van der Waals surface area contributed by atoms with E-state index in [4.69, 9.17) is 10.8 Å². The topological polar surface area (TPSA) is 171 Å². The molecule has 4 atom stereocenters. The van der Waals surface area contributed by atoms with E-state index in [1.807, 2.05) is 13.8 Å². The lowest BCUT2D eigenvalue weighted by atomic mass is 9.98. The zero-order chi connectivity index (χ0) is 23.7. The van der Waals surface area contributed by atoms with Crippen LogP contribution in [-0.2, 0) is 24.0 Å². The van der Waals surface area contributed by atoms with Crippen LogP contribution in [-0.4, -0.2) is 77.4 Å². The van der Waals surface area contributed by atoms with Crippen molar-refractivity contribution < 1.29 is 29.1 Å². The lowest BCUT2D eigenvalue weighted by molar-refractivity contribution is -0.140. The van der Waals surface area contributed by atoms with E-state index in [9.17, 15) is 24.0 Å². The number of carboxylic acid groups (broad SMARTS) is 1. The third-order valence-electron chi connectivity index (χ3n) is 5.48. The van der Waals surface area contributed by atoms with Crippen molar-refractivity contribution in [1.82, 2.24) is 20.9 Å². The molecule has 0 aromatic rings. The van der Waals surface area contributed by atoms with Crippen molar-refractivity contribution in [3.8, 4) is 0 Å². The number of nitrogens with zero attached hydrogens (tertiary/aromatic N) is 1. The van der Waals surface area contributed by atoms with Crippen molar-refractivity contribution in [3.05, 3.63) is 0 Å². The fourth-order valence-electron chi connectivity index (χ4n) is 3.31. The normalized spacial score (nSPS) is 18.8.